The van der Waals surface area contributed by atoms with Crippen LogP contribution >= 0.6 is 11.8 Å². The van der Waals surface area contributed by atoms with E-state index in [1.807, 2.05) is 23.8 Å². The summed E-state index contributed by atoms with van der Waals surface area (Å²) in [7, 11) is 4.68. The van der Waals surface area contributed by atoms with Crippen LogP contribution in [0.15, 0.2) is 33.8 Å². The number of carbonyl (C=O) groups is 7. The lowest BCUT2D eigenvalue weighted by Crippen LogP contribution is -2.49. The number of benzene rings is 1. The molecule has 2 aromatic heterocycles. The van der Waals surface area contributed by atoms with Crippen LogP contribution in [0.5, 0.6) is 23.5 Å². The van der Waals surface area contributed by atoms with Crippen molar-refractivity contribution in [3.05, 3.63) is 46.7 Å². The number of hydrogen-bond donors (Lipinski definition) is 7. The van der Waals surface area contributed by atoms with Gasteiger partial charge >= 0.3 is 17.9 Å². The van der Waals surface area contributed by atoms with Gasteiger partial charge in [0.05, 0.1) is 40.4 Å². The standard InChI is InChI=1S/C52H77N11O14S/c1-35-29-36-12-14-52(2,3)37(36)30-39(35)77-46-11-10-38(76-46)48(73)56-47-49(74-5)57-51(58-50(47)75-6)78-28-13-41(65)55-17-19-59(4)18-16-54-40(64)9-7-8-15-53-42(66)31-60-20-22-61(32-43(67)68)24-26-63(34-45(71)72)27-25-62(23-21-60)33-44(69)70/h10-11,29-30H,7-9,12-28,31-34H2,1-6H3,(H,53,66)(H,54,64)(H,55,65)(H,56,73)(H,67,68)(H,69,70)(H,71,72). The highest BCUT2D eigenvalue weighted by Gasteiger charge is 2.31. The van der Waals surface area contributed by atoms with Crippen LogP contribution < -0.4 is 35.5 Å². The zero-order valence-electron chi connectivity index (χ0n) is 45.7. The Kier molecular flexibility index (Phi) is 24.8. The molecule has 0 atom stereocenters. The fourth-order valence-corrected chi connectivity index (χ4v) is 9.67. The summed E-state index contributed by atoms with van der Waals surface area (Å²) in [6.07, 6.45) is 3.63. The predicted molar refractivity (Wildman–Crippen MR) is 289 cm³/mol. The Morgan fingerprint density at radius 3 is 1.74 bits per heavy atom. The number of thioether (sulfide) groups is 1. The first-order chi connectivity index (χ1) is 37.2. The van der Waals surface area contributed by atoms with Gasteiger partial charge in [-0.3, -0.25) is 53.2 Å². The molecule has 78 heavy (non-hydrogen) atoms. The molecule has 2 aliphatic rings. The van der Waals surface area contributed by atoms with E-state index in [1.54, 1.807) is 20.8 Å². The Morgan fingerprint density at radius 1 is 0.705 bits per heavy atom. The molecule has 430 valence electrons. The zero-order valence-corrected chi connectivity index (χ0v) is 46.5. The largest absolute Gasteiger partial charge is 0.480 e. The smallest absolute Gasteiger partial charge is 0.317 e. The van der Waals surface area contributed by atoms with Gasteiger partial charge in [0.1, 0.15) is 5.75 Å². The minimum atomic E-state index is -1.04. The average molecular weight is 1110 g/mol. The third-order valence-corrected chi connectivity index (χ3v) is 14.2. The van der Waals surface area contributed by atoms with Gasteiger partial charge in [0.15, 0.2) is 16.6 Å². The fourth-order valence-electron chi connectivity index (χ4n) is 8.90. The summed E-state index contributed by atoms with van der Waals surface area (Å²) < 4.78 is 22.8. The summed E-state index contributed by atoms with van der Waals surface area (Å²) in [6.45, 7) is 10.3. The molecule has 5 rings (SSSR count). The summed E-state index contributed by atoms with van der Waals surface area (Å²) >= 11 is 1.22. The van der Waals surface area contributed by atoms with Crippen LogP contribution in [0.1, 0.15) is 73.2 Å². The van der Waals surface area contributed by atoms with Gasteiger partial charge in [0.2, 0.25) is 29.5 Å². The maximum Gasteiger partial charge on any atom is 0.317 e. The normalized spacial score (nSPS) is 15.6. The Labute approximate surface area is 459 Å². The number of carbonyl (C=O) groups excluding carboxylic acids is 4. The zero-order chi connectivity index (χ0) is 56.8. The molecular weight excluding hydrogens is 1030 g/mol. The van der Waals surface area contributed by atoms with Gasteiger partial charge in [-0.1, -0.05) is 31.7 Å². The number of hydrogen-bond acceptors (Lipinski definition) is 19. The minimum absolute atomic E-state index is 0.00798. The first kappa shape index (κ1) is 62.3. The van der Waals surface area contributed by atoms with Crippen molar-refractivity contribution >= 4 is 59.0 Å². The summed E-state index contributed by atoms with van der Waals surface area (Å²) in [4.78, 5) is 104. The number of nitrogens with zero attached hydrogens (tertiary/aromatic N) is 7. The SMILES string of the molecule is COc1nc(SCCC(=O)NCCN(C)CCNC(=O)CCCCNC(=O)CN2CCN(CC(=O)O)CCN(CC(=O)O)CCN(CC(=O)O)CC2)nc(OC)c1NC(=O)c1ccc(Oc2cc3c(cc2C)CCC3(C)C)o1. The number of fused-ring (bicyclic) bond motifs is 1. The molecular formula is C52H77N11O14S. The van der Waals surface area contributed by atoms with E-state index in [2.05, 4.69) is 57.2 Å². The number of carboxylic acid groups (broad SMARTS) is 3. The molecule has 7 N–H and O–H groups in total. The van der Waals surface area contributed by atoms with Gasteiger partial charge in [-0.15, -0.1) is 0 Å². The second-order valence-electron chi connectivity index (χ2n) is 19.9. The first-order valence-corrected chi connectivity index (χ1v) is 27.1. The molecule has 0 unspecified atom stereocenters. The predicted octanol–water partition coefficient (Wildman–Crippen LogP) is 2.07. The van der Waals surface area contributed by atoms with Gasteiger partial charge in [0, 0.05) is 110 Å². The van der Waals surface area contributed by atoms with Gasteiger partial charge in [-0.25, -0.2) is 0 Å². The molecule has 1 fully saturated rings. The number of methoxy groups -OCH3 is 2. The number of carboxylic acids is 3. The van der Waals surface area contributed by atoms with Crippen LogP contribution in [0.25, 0.3) is 0 Å². The third kappa shape index (κ3) is 21.0. The highest BCUT2D eigenvalue weighted by molar-refractivity contribution is 7.99. The van der Waals surface area contributed by atoms with Crippen molar-refractivity contribution in [3.8, 4) is 23.5 Å². The van der Waals surface area contributed by atoms with Gasteiger partial charge in [0.25, 0.3) is 11.9 Å². The van der Waals surface area contributed by atoms with E-state index in [0.29, 0.717) is 83.2 Å². The molecule has 4 amide bonds. The van der Waals surface area contributed by atoms with Gasteiger partial charge in [-0.2, -0.15) is 9.97 Å². The number of likely N-dealkylation sites (N-methyl/N-ethyl adjacent to an activating group) is 1. The van der Waals surface area contributed by atoms with Crippen LogP contribution in [0.4, 0.5) is 5.69 Å². The molecule has 26 heteroatoms. The number of nitrogens with one attached hydrogen (secondary N) is 4. The molecule has 1 aliphatic heterocycles. The van der Waals surface area contributed by atoms with E-state index in [0.717, 1.165) is 18.4 Å². The number of aromatic nitrogens is 2. The number of unbranched alkanes of at least 4 members (excludes halogenated alkanes) is 1. The van der Waals surface area contributed by atoms with Crippen molar-refractivity contribution in [3.63, 3.8) is 0 Å². The maximum absolute atomic E-state index is 13.3. The molecule has 1 aliphatic carbocycles. The molecule has 25 nitrogen and oxygen atoms in total. The van der Waals surface area contributed by atoms with Crippen LogP contribution in [0.3, 0.4) is 0 Å². The monoisotopic (exact) mass is 1110 g/mol. The average Bonchev–Trinajstić information content (AvgIpc) is 4.03. The molecule has 0 saturated carbocycles. The topological polar surface area (TPSA) is 311 Å². The number of rotatable bonds is 29. The second-order valence-corrected chi connectivity index (χ2v) is 21.0. The van der Waals surface area contributed by atoms with Crippen molar-refractivity contribution in [2.45, 2.75) is 69.9 Å². The van der Waals surface area contributed by atoms with Crippen LogP contribution in [0, 0.1) is 6.92 Å². The Bertz CT molecular complexity index is 2470. The number of aliphatic carboxylic acids is 3. The van der Waals surface area contributed by atoms with Crippen LogP contribution in [-0.4, -0.2) is 230 Å². The lowest BCUT2D eigenvalue weighted by molar-refractivity contribution is -0.140. The van der Waals surface area contributed by atoms with E-state index < -0.39 is 23.8 Å². The second kappa shape index (κ2) is 31.1. The minimum Gasteiger partial charge on any atom is -0.480 e. The van der Waals surface area contributed by atoms with E-state index in [9.17, 15) is 48.9 Å². The number of furan rings is 1. The quantitative estimate of drug-likeness (QED) is 0.0297. The molecule has 0 spiro atoms. The van der Waals surface area contributed by atoms with Crippen LogP contribution in [-0.2, 0) is 40.6 Å². The number of anilines is 1. The van der Waals surface area contributed by atoms with Gasteiger partial charge in [-0.05, 0) is 73.9 Å². The highest BCUT2D eigenvalue weighted by Crippen LogP contribution is 2.42. The Morgan fingerprint density at radius 2 is 1.22 bits per heavy atom. The highest BCUT2D eigenvalue weighted by atomic mass is 32.2. The Balaban J connectivity index is 0.943. The third-order valence-electron chi connectivity index (χ3n) is 13.3. The summed E-state index contributed by atoms with van der Waals surface area (Å²) in [6, 6.07) is 7.28. The maximum atomic E-state index is 13.3. The number of amides is 4. The van der Waals surface area contributed by atoms with E-state index in [-0.39, 0.29) is 123 Å². The molecule has 1 saturated heterocycles. The van der Waals surface area contributed by atoms with E-state index >= 15 is 0 Å². The van der Waals surface area contributed by atoms with Crippen molar-refractivity contribution in [2.24, 2.45) is 0 Å². The fraction of sp³-hybridized carbons (Fsp3) is 0.596. The molecule has 3 aromatic rings. The first-order valence-electron chi connectivity index (χ1n) is 26.1. The van der Waals surface area contributed by atoms with Crippen LogP contribution in [0.2, 0.25) is 0 Å². The number of ether oxygens (including phenoxy) is 3. The Hall–Kier alpha value is -6.58. The molecule has 0 radical (unpaired) electrons. The van der Waals surface area contributed by atoms with Crippen molar-refractivity contribution < 1.29 is 67.5 Å². The van der Waals surface area contributed by atoms with Crippen molar-refractivity contribution in [1.29, 1.82) is 0 Å². The summed E-state index contributed by atoms with van der Waals surface area (Å²) in [5, 5.41) is 40.0. The van der Waals surface area contributed by atoms with E-state index in [4.69, 9.17) is 18.6 Å². The van der Waals surface area contributed by atoms with Crippen molar-refractivity contribution in [2.75, 3.05) is 144 Å². The molecule has 0 bridgehead atoms. The lowest BCUT2D eigenvalue weighted by Gasteiger charge is -2.32. The molecule has 3 heterocycles. The van der Waals surface area contributed by atoms with Gasteiger partial charge < -0.3 is 60.1 Å². The van der Waals surface area contributed by atoms with E-state index in [1.165, 1.54) is 43.2 Å². The molecule has 1 aromatic carbocycles. The lowest BCUT2D eigenvalue weighted by atomic mass is 9.86. The summed E-state index contributed by atoms with van der Waals surface area (Å²) in [5.74, 6) is -2.98. The van der Waals surface area contributed by atoms with Crippen molar-refractivity contribution in [1.82, 2.24) is 50.4 Å². The summed E-state index contributed by atoms with van der Waals surface area (Å²) in [5.41, 5.74) is 3.68. The number of aryl methyl sites for hydroxylation is 2.